The first kappa shape index (κ1) is 7.98. The number of aliphatic hydroxyl groups excluding tert-OH is 1. The molecule has 1 aliphatic heterocycles. The van der Waals surface area contributed by atoms with Gasteiger partial charge in [-0.3, -0.25) is 4.90 Å². The average Bonchev–Trinajstić information content (AvgIpc) is 2.03. The molecule has 1 N–H and O–H groups in total. The van der Waals surface area contributed by atoms with E-state index in [1.54, 1.807) is 0 Å². The van der Waals surface area contributed by atoms with Crippen LogP contribution in [0.1, 0.15) is 12.8 Å². The Kier molecular flexibility index (Phi) is 3.72. The summed E-state index contributed by atoms with van der Waals surface area (Å²) in [6.07, 6.45) is 1.99. The first-order valence-corrected chi connectivity index (χ1v) is 3.84. The Labute approximate surface area is 61.6 Å². The van der Waals surface area contributed by atoms with E-state index < -0.39 is 0 Å². The highest BCUT2D eigenvalue weighted by atomic mass is 16.5. The van der Waals surface area contributed by atoms with Gasteiger partial charge < -0.3 is 9.84 Å². The van der Waals surface area contributed by atoms with Crippen molar-refractivity contribution in [2.45, 2.75) is 12.8 Å². The van der Waals surface area contributed by atoms with Crippen LogP contribution in [0.15, 0.2) is 0 Å². The summed E-state index contributed by atoms with van der Waals surface area (Å²) >= 11 is 0. The lowest BCUT2D eigenvalue weighted by Crippen LogP contribution is -2.34. The molecule has 0 saturated carbocycles. The summed E-state index contributed by atoms with van der Waals surface area (Å²) in [7, 11) is 0. The number of aliphatic hydroxyl groups is 1. The average molecular weight is 145 g/mol. The molecule has 0 amide bonds. The van der Waals surface area contributed by atoms with Crippen molar-refractivity contribution in [3.63, 3.8) is 0 Å². The summed E-state index contributed by atoms with van der Waals surface area (Å²) in [5, 5.41) is 8.53. The molecule has 0 unspecified atom stereocenters. The monoisotopic (exact) mass is 145 g/mol. The standard InChI is InChI=1S/C7H15NO2/c9-5-1-3-8-4-2-6-10-7-8/h9H,1-7H2. The topological polar surface area (TPSA) is 32.7 Å². The molecule has 1 rings (SSSR count). The molecule has 0 aromatic rings. The third kappa shape index (κ3) is 2.64. The maximum Gasteiger partial charge on any atom is 0.0990 e. The van der Waals surface area contributed by atoms with Crippen LogP contribution in [0.5, 0.6) is 0 Å². The Bertz CT molecular complexity index is 81.7. The quantitative estimate of drug-likeness (QED) is 0.609. The van der Waals surface area contributed by atoms with E-state index in [0.29, 0.717) is 0 Å². The normalized spacial score (nSPS) is 21.3. The van der Waals surface area contributed by atoms with Gasteiger partial charge in [-0.25, -0.2) is 0 Å². The van der Waals surface area contributed by atoms with Crippen LogP contribution in [0, 0.1) is 0 Å². The van der Waals surface area contributed by atoms with E-state index in [2.05, 4.69) is 4.90 Å². The molecular weight excluding hydrogens is 130 g/mol. The molecular formula is C7H15NO2. The lowest BCUT2D eigenvalue weighted by Gasteiger charge is -2.25. The Morgan fingerprint density at radius 3 is 3.00 bits per heavy atom. The number of ether oxygens (including phenoxy) is 1. The first-order chi connectivity index (χ1) is 4.93. The summed E-state index contributed by atoms with van der Waals surface area (Å²) in [6.45, 7) is 4.03. The highest BCUT2D eigenvalue weighted by Gasteiger charge is 2.08. The molecule has 1 fully saturated rings. The van der Waals surface area contributed by atoms with Gasteiger partial charge in [-0.1, -0.05) is 0 Å². The molecule has 60 valence electrons. The largest absolute Gasteiger partial charge is 0.396 e. The van der Waals surface area contributed by atoms with Gasteiger partial charge in [0.25, 0.3) is 0 Å². The van der Waals surface area contributed by atoms with E-state index in [9.17, 15) is 0 Å². The maximum absolute atomic E-state index is 8.53. The van der Waals surface area contributed by atoms with Gasteiger partial charge in [0.2, 0.25) is 0 Å². The van der Waals surface area contributed by atoms with Crippen molar-refractivity contribution < 1.29 is 9.84 Å². The zero-order valence-corrected chi connectivity index (χ0v) is 6.25. The van der Waals surface area contributed by atoms with Gasteiger partial charge in [0.05, 0.1) is 6.73 Å². The number of nitrogens with zero attached hydrogens (tertiary/aromatic N) is 1. The Morgan fingerprint density at radius 1 is 1.50 bits per heavy atom. The molecule has 0 aromatic carbocycles. The fourth-order valence-corrected chi connectivity index (χ4v) is 1.12. The van der Waals surface area contributed by atoms with Crippen LogP contribution in [0.4, 0.5) is 0 Å². The van der Waals surface area contributed by atoms with E-state index in [4.69, 9.17) is 9.84 Å². The van der Waals surface area contributed by atoms with E-state index in [-0.39, 0.29) is 6.61 Å². The molecule has 0 radical (unpaired) electrons. The van der Waals surface area contributed by atoms with Crippen LogP contribution in [0.3, 0.4) is 0 Å². The van der Waals surface area contributed by atoms with Crippen molar-refractivity contribution in [3.05, 3.63) is 0 Å². The maximum atomic E-state index is 8.53. The second-order valence-electron chi connectivity index (χ2n) is 2.59. The smallest absolute Gasteiger partial charge is 0.0990 e. The predicted octanol–water partition coefficient (Wildman–Crippen LogP) is 0.0486. The minimum absolute atomic E-state index is 0.288. The molecule has 3 heteroatoms. The first-order valence-electron chi connectivity index (χ1n) is 3.84. The fraction of sp³-hybridized carbons (Fsp3) is 1.00. The van der Waals surface area contributed by atoms with Crippen LogP contribution in [0.2, 0.25) is 0 Å². The summed E-state index contributed by atoms with van der Waals surface area (Å²) < 4.78 is 5.22. The van der Waals surface area contributed by atoms with Crippen LogP contribution in [0.25, 0.3) is 0 Å². The zero-order valence-electron chi connectivity index (χ0n) is 6.25. The van der Waals surface area contributed by atoms with E-state index in [0.717, 1.165) is 39.3 Å². The summed E-state index contributed by atoms with van der Waals surface area (Å²) in [5.74, 6) is 0. The van der Waals surface area contributed by atoms with E-state index >= 15 is 0 Å². The van der Waals surface area contributed by atoms with E-state index in [1.807, 2.05) is 0 Å². The van der Waals surface area contributed by atoms with Crippen LogP contribution in [-0.2, 0) is 4.74 Å². The van der Waals surface area contributed by atoms with Crippen molar-refractivity contribution in [1.82, 2.24) is 4.90 Å². The molecule has 0 aromatic heterocycles. The molecule has 1 heterocycles. The summed E-state index contributed by atoms with van der Waals surface area (Å²) in [5.41, 5.74) is 0. The van der Waals surface area contributed by atoms with Crippen molar-refractivity contribution in [1.29, 1.82) is 0 Å². The van der Waals surface area contributed by atoms with Gasteiger partial charge in [-0.05, 0) is 12.8 Å². The van der Waals surface area contributed by atoms with Crippen molar-refractivity contribution in [2.24, 2.45) is 0 Å². The molecule has 3 nitrogen and oxygen atoms in total. The molecule has 1 aliphatic rings. The lowest BCUT2D eigenvalue weighted by atomic mass is 10.3. The van der Waals surface area contributed by atoms with Crippen molar-refractivity contribution in [2.75, 3.05) is 33.0 Å². The molecule has 0 spiro atoms. The number of hydrogen-bond donors (Lipinski definition) is 1. The van der Waals surface area contributed by atoms with E-state index in [1.165, 1.54) is 0 Å². The Balaban J connectivity index is 2.02. The lowest BCUT2D eigenvalue weighted by molar-refractivity contribution is -0.0152. The highest BCUT2D eigenvalue weighted by molar-refractivity contribution is 4.56. The van der Waals surface area contributed by atoms with Crippen LogP contribution in [-0.4, -0.2) is 43.0 Å². The van der Waals surface area contributed by atoms with Gasteiger partial charge in [-0.15, -0.1) is 0 Å². The number of hydrogen-bond acceptors (Lipinski definition) is 3. The second kappa shape index (κ2) is 4.66. The molecule has 0 atom stereocenters. The summed E-state index contributed by atoms with van der Waals surface area (Å²) in [6, 6.07) is 0. The Hall–Kier alpha value is -0.120. The SMILES string of the molecule is OCCCN1CCCOC1. The van der Waals surface area contributed by atoms with Crippen LogP contribution < -0.4 is 0 Å². The third-order valence-electron chi connectivity index (χ3n) is 1.67. The third-order valence-corrected chi connectivity index (χ3v) is 1.67. The molecule has 10 heavy (non-hydrogen) atoms. The van der Waals surface area contributed by atoms with Crippen molar-refractivity contribution in [3.8, 4) is 0 Å². The van der Waals surface area contributed by atoms with Gasteiger partial charge in [0.1, 0.15) is 0 Å². The molecule has 0 aliphatic carbocycles. The minimum atomic E-state index is 0.288. The second-order valence-corrected chi connectivity index (χ2v) is 2.59. The Morgan fingerprint density at radius 2 is 2.40 bits per heavy atom. The molecule has 1 saturated heterocycles. The summed E-state index contributed by atoms with van der Waals surface area (Å²) in [4.78, 5) is 2.22. The fourth-order valence-electron chi connectivity index (χ4n) is 1.12. The zero-order chi connectivity index (χ0) is 7.23. The van der Waals surface area contributed by atoms with Gasteiger partial charge in [-0.2, -0.15) is 0 Å². The van der Waals surface area contributed by atoms with Crippen LogP contribution >= 0.6 is 0 Å². The highest BCUT2D eigenvalue weighted by Crippen LogP contribution is 2.00. The number of rotatable bonds is 3. The minimum Gasteiger partial charge on any atom is -0.396 e. The molecule has 0 bridgehead atoms. The van der Waals surface area contributed by atoms with Gasteiger partial charge in [0, 0.05) is 26.3 Å². The van der Waals surface area contributed by atoms with Gasteiger partial charge in [0.15, 0.2) is 0 Å². The van der Waals surface area contributed by atoms with Gasteiger partial charge >= 0.3 is 0 Å². The predicted molar refractivity (Wildman–Crippen MR) is 38.7 cm³/mol. The van der Waals surface area contributed by atoms with Crippen molar-refractivity contribution >= 4 is 0 Å².